The van der Waals surface area contributed by atoms with Gasteiger partial charge in [0, 0.05) is 18.0 Å². The summed E-state index contributed by atoms with van der Waals surface area (Å²) in [5.41, 5.74) is 6.19. The zero-order chi connectivity index (χ0) is 12.4. The summed E-state index contributed by atoms with van der Waals surface area (Å²) in [6, 6.07) is 4.37. The first-order valence-electron chi connectivity index (χ1n) is 4.90. The molecule has 0 aliphatic rings. The third kappa shape index (κ3) is 2.14. The largest absolute Gasteiger partial charge is 0.320 e. The minimum Gasteiger partial charge on any atom is -0.320 e. The third-order valence-corrected chi connectivity index (χ3v) is 2.44. The molecule has 0 radical (unpaired) electrons. The van der Waals surface area contributed by atoms with Crippen LogP contribution in [0.15, 0.2) is 36.7 Å². The van der Waals surface area contributed by atoms with E-state index in [1.165, 1.54) is 12.4 Å². The van der Waals surface area contributed by atoms with Crippen LogP contribution in [0.5, 0.6) is 0 Å². The van der Waals surface area contributed by atoms with Crippen molar-refractivity contribution in [1.82, 2.24) is 4.98 Å². The molecule has 2 nitrogen and oxygen atoms in total. The highest BCUT2D eigenvalue weighted by Gasteiger charge is 2.19. The van der Waals surface area contributed by atoms with Gasteiger partial charge in [0.25, 0.3) is 0 Å². The molecule has 2 N–H and O–H groups in total. The van der Waals surface area contributed by atoms with Crippen molar-refractivity contribution < 1.29 is 13.2 Å². The third-order valence-electron chi connectivity index (χ3n) is 2.44. The van der Waals surface area contributed by atoms with E-state index >= 15 is 0 Å². The Hall–Kier alpha value is -1.88. The highest BCUT2D eigenvalue weighted by molar-refractivity contribution is 5.31. The van der Waals surface area contributed by atoms with Crippen LogP contribution in [-0.4, -0.2) is 4.98 Å². The predicted octanol–water partition coefficient (Wildman–Crippen LogP) is 2.55. The standard InChI is InChI=1S/C12H9F3N2/c13-9-4-3-8(10(14)11(9)15)12(16)7-2-1-5-17-6-7/h1-6,12H,16H2. The van der Waals surface area contributed by atoms with Gasteiger partial charge in [-0.15, -0.1) is 0 Å². The second-order valence-electron chi connectivity index (χ2n) is 3.53. The molecule has 5 heteroatoms. The highest BCUT2D eigenvalue weighted by Crippen LogP contribution is 2.24. The predicted molar refractivity (Wildman–Crippen MR) is 56.6 cm³/mol. The SMILES string of the molecule is NC(c1cccnc1)c1ccc(F)c(F)c1F. The van der Waals surface area contributed by atoms with Crippen molar-refractivity contribution in [3.8, 4) is 0 Å². The number of rotatable bonds is 2. The second kappa shape index (κ2) is 4.55. The molecule has 2 aromatic rings. The lowest BCUT2D eigenvalue weighted by Gasteiger charge is -2.13. The molecule has 0 bridgehead atoms. The smallest absolute Gasteiger partial charge is 0.194 e. The fraction of sp³-hybridized carbons (Fsp3) is 0.0833. The summed E-state index contributed by atoms with van der Waals surface area (Å²) in [7, 11) is 0. The zero-order valence-corrected chi connectivity index (χ0v) is 8.70. The normalized spacial score (nSPS) is 12.5. The van der Waals surface area contributed by atoms with Crippen molar-refractivity contribution >= 4 is 0 Å². The Morgan fingerprint density at radius 2 is 1.82 bits per heavy atom. The monoisotopic (exact) mass is 238 g/mol. The molecule has 0 saturated carbocycles. The topological polar surface area (TPSA) is 38.9 Å². The first kappa shape index (κ1) is 11.6. The number of nitrogens with two attached hydrogens (primary N) is 1. The molecule has 1 aromatic heterocycles. The van der Waals surface area contributed by atoms with E-state index in [-0.39, 0.29) is 5.56 Å². The average Bonchev–Trinajstić information content (AvgIpc) is 2.36. The maximum absolute atomic E-state index is 13.5. The molecule has 1 heterocycles. The number of aromatic nitrogens is 1. The van der Waals surface area contributed by atoms with E-state index in [9.17, 15) is 13.2 Å². The van der Waals surface area contributed by atoms with Gasteiger partial charge >= 0.3 is 0 Å². The second-order valence-corrected chi connectivity index (χ2v) is 3.53. The molecular weight excluding hydrogens is 229 g/mol. The van der Waals surface area contributed by atoms with Crippen molar-refractivity contribution in [2.75, 3.05) is 0 Å². The van der Waals surface area contributed by atoms with Crippen molar-refractivity contribution in [1.29, 1.82) is 0 Å². The molecular formula is C12H9F3N2. The van der Waals surface area contributed by atoms with Crippen LogP contribution in [0.1, 0.15) is 17.2 Å². The minimum atomic E-state index is -1.51. The summed E-state index contributed by atoms with van der Waals surface area (Å²) in [5.74, 6) is -4.01. The van der Waals surface area contributed by atoms with E-state index in [2.05, 4.69) is 4.98 Å². The van der Waals surface area contributed by atoms with Gasteiger partial charge in [0.15, 0.2) is 17.5 Å². The number of pyridine rings is 1. The van der Waals surface area contributed by atoms with Gasteiger partial charge in [0.1, 0.15) is 0 Å². The fourth-order valence-corrected chi connectivity index (χ4v) is 1.52. The highest BCUT2D eigenvalue weighted by atomic mass is 19.2. The summed E-state index contributed by atoms with van der Waals surface area (Å²) in [6.07, 6.45) is 2.99. The van der Waals surface area contributed by atoms with Crippen molar-refractivity contribution in [2.45, 2.75) is 6.04 Å². The Balaban J connectivity index is 2.45. The van der Waals surface area contributed by atoms with Gasteiger partial charge in [-0.3, -0.25) is 4.98 Å². The molecule has 0 aliphatic carbocycles. The molecule has 0 spiro atoms. The quantitative estimate of drug-likeness (QED) is 0.816. The van der Waals surface area contributed by atoms with E-state index in [1.54, 1.807) is 12.1 Å². The molecule has 17 heavy (non-hydrogen) atoms. The lowest BCUT2D eigenvalue weighted by atomic mass is 10.0. The lowest BCUT2D eigenvalue weighted by Crippen LogP contribution is -2.15. The van der Waals surface area contributed by atoms with Crippen molar-refractivity contribution in [3.05, 3.63) is 65.2 Å². The van der Waals surface area contributed by atoms with Crippen LogP contribution in [0.2, 0.25) is 0 Å². The van der Waals surface area contributed by atoms with Crippen LogP contribution >= 0.6 is 0 Å². The molecule has 1 unspecified atom stereocenters. The molecule has 0 amide bonds. The van der Waals surface area contributed by atoms with Crippen LogP contribution in [0, 0.1) is 17.5 Å². The van der Waals surface area contributed by atoms with Crippen molar-refractivity contribution in [2.24, 2.45) is 5.73 Å². The molecule has 0 fully saturated rings. The van der Waals surface area contributed by atoms with E-state index in [1.807, 2.05) is 0 Å². The maximum atomic E-state index is 13.5. The molecule has 1 aromatic carbocycles. The molecule has 0 aliphatic heterocycles. The number of hydrogen-bond donors (Lipinski definition) is 1. The van der Waals surface area contributed by atoms with E-state index in [4.69, 9.17) is 5.73 Å². The Labute approximate surface area is 95.9 Å². The number of halogens is 3. The van der Waals surface area contributed by atoms with Gasteiger partial charge in [0.05, 0.1) is 6.04 Å². The summed E-state index contributed by atoms with van der Waals surface area (Å²) in [4.78, 5) is 3.83. The van der Waals surface area contributed by atoms with E-state index in [0.717, 1.165) is 12.1 Å². The Kier molecular flexibility index (Phi) is 3.10. The Morgan fingerprint density at radius 1 is 1.06 bits per heavy atom. The zero-order valence-electron chi connectivity index (χ0n) is 8.70. The number of benzene rings is 1. The number of nitrogens with zero attached hydrogens (tertiary/aromatic N) is 1. The fourth-order valence-electron chi connectivity index (χ4n) is 1.52. The van der Waals surface area contributed by atoms with Crippen LogP contribution in [0.3, 0.4) is 0 Å². The van der Waals surface area contributed by atoms with Crippen LogP contribution in [0.4, 0.5) is 13.2 Å². The summed E-state index contributed by atoms with van der Waals surface area (Å²) < 4.78 is 39.3. The van der Waals surface area contributed by atoms with Crippen LogP contribution in [-0.2, 0) is 0 Å². The molecule has 1 atom stereocenters. The summed E-state index contributed by atoms with van der Waals surface area (Å²) >= 11 is 0. The van der Waals surface area contributed by atoms with Gasteiger partial charge in [-0.25, -0.2) is 13.2 Å². The van der Waals surface area contributed by atoms with Gasteiger partial charge in [0.2, 0.25) is 0 Å². The van der Waals surface area contributed by atoms with Crippen LogP contribution < -0.4 is 5.73 Å². The van der Waals surface area contributed by atoms with Gasteiger partial charge < -0.3 is 5.73 Å². The Bertz CT molecular complexity index is 529. The van der Waals surface area contributed by atoms with Gasteiger partial charge in [-0.1, -0.05) is 12.1 Å². The van der Waals surface area contributed by atoms with Crippen LogP contribution in [0.25, 0.3) is 0 Å². The average molecular weight is 238 g/mol. The summed E-state index contributed by atoms with van der Waals surface area (Å²) in [5, 5.41) is 0. The van der Waals surface area contributed by atoms with Crippen molar-refractivity contribution in [3.63, 3.8) is 0 Å². The molecule has 0 saturated heterocycles. The van der Waals surface area contributed by atoms with E-state index in [0.29, 0.717) is 5.56 Å². The Morgan fingerprint density at radius 3 is 2.47 bits per heavy atom. The molecule has 88 valence electrons. The molecule has 2 rings (SSSR count). The summed E-state index contributed by atoms with van der Waals surface area (Å²) in [6.45, 7) is 0. The number of hydrogen-bond acceptors (Lipinski definition) is 2. The maximum Gasteiger partial charge on any atom is 0.194 e. The van der Waals surface area contributed by atoms with Gasteiger partial charge in [-0.2, -0.15) is 0 Å². The van der Waals surface area contributed by atoms with E-state index < -0.39 is 23.5 Å². The van der Waals surface area contributed by atoms with Gasteiger partial charge in [-0.05, 0) is 17.7 Å². The first-order valence-corrected chi connectivity index (χ1v) is 4.90. The first-order chi connectivity index (χ1) is 8.11. The lowest BCUT2D eigenvalue weighted by molar-refractivity contribution is 0.438. The minimum absolute atomic E-state index is 0.100.